The summed E-state index contributed by atoms with van der Waals surface area (Å²) in [5.41, 5.74) is 3.47. The summed E-state index contributed by atoms with van der Waals surface area (Å²) in [6.07, 6.45) is 0. The Labute approximate surface area is 180 Å². The predicted molar refractivity (Wildman–Crippen MR) is 121 cm³/mol. The molecule has 4 rings (SSSR count). The highest BCUT2D eigenvalue weighted by molar-refractivity contribution is 7.89. The number of carbonyl (C=O) groups is 1. The van der Waals surface area contributed by atoms with E-state index >= 15 is 0 Å². The standard InChI is InChI=1S/C24H21N3O3S/c1-16(18-10-7-11-19(14-18)31(25,29)30)26-24(28)21-15-23(17-8-3-2-4-9-17)27-22-13-6-5-12-20(21)22/h2-16H,1H3,(H,26,28)(H2,25,29,30)/t16-/m0/s1. The molecule has 1 amide bonds. The Hall–Kier alpha value is -3.55. The molecule has 0 fully saturated rings. The van der Waals surface area contributed by atoms with Crippen molar-refractivity contribution >= 4 is 26.8 Å². The van der Waals surface area contributed by atoms with Crippen molar-refractivity contribution < 1.29 is 13.2 Å². The van der Waals surface area contributed by atoms with Gasteiger partial charge in [-0.3, -0.25) is 4.79 Å². The van der Waals surface area contributed by atoms with Crippen molar-refractivity contribution in [2.75, 3.05) is 0 Å². The van der Waals surface area contributed by atoms with Crippen molar-refractivity contribution in [3.8, 4) is 11.3 Å². The molecule has 0 aliphatic rings. The lowest BCUT2D eigenvalue weighted by molar-refractivity contribution is 0.0941. The Bertz CT molecular complexity index is 1370. The summed E-state index contributed by atoms with van der Waals surface area (Å²) in [6.45, 7) is 1.79. The maximum Gasteiger partial charge on any atom is 0.252 e. The topological polar surface area (TPSA) is 102 Å². The fraction of sp³-hybridized carbons (Fsp3) is 0.0833. The number of rotatable bonds is 5. The zero-order valence-electron chi connectivity index (χ0n) is 16.8. The van der Waals surface area contributed by atoms with Crippen molar-refractivity contribution in [1.29, 1.82) is 0 Å². The summed E-state index contributed by atoms with van der Waals surface area (Å²) >= 11 is 0. The molecule has 0 spiro atoms. The number of nitrogens with one attached hydrogen (secondary N) is 1. The Morgan fingerprint density at radius 2 is 1.65 bits per heavy atom. The van der Waals surface area contributed by atoms with E-state index in [0.29, 0.717) is 16.8 Å². The van der Waals surface area contributed by atoms with Gasteiger partial charge in [0, 0.05) is 10.9 Å². The largest absolute Gasteiger partial charge is 0.345 e. The second-order valence-electron chi connectivity index (χ2n) is 7.25. The van der Waals surface area contributed by atoms with Gasteiger partial charge in [0.2, 0.25) is 10.0 Å². The maximum atomic E-state index is 13.2. The van der Waals surface area contributed by atoms with Crippen LogP contribution in [0.15, 0.2) is 89.8 Å². The molecule has 0 radical (unpaired) electrons. The van der Waals surface area contributed by atoms with E-state index in [9.17, 15) is 13.2 Å². The molecule has 0 aliphatic carbocycles. The van der Waals surface area contributed by atoms with Crippen LogP contribution in [0.2, 0.25) is 0 Å². The van der Waals surface area contributed by atoms with Crippen LogP contribution in [0.4, 0.5) is 0 Å². The van der Waals surface area contributed by atoms with E-state index < -0.39 is 16.1 Å². The van der Waals surface area contributed by atoms with E-state index in [0.717, 1.165) is 16.5 Å². The van der Waals surface area contributed by atoms with Gasteiger partial charge in [0.1, 0.15) is 0 Å². The third-order valence-electron chi connectivity index (χ3n) is 5.06. The number of carbonyl (C=O) groups excluding carboxylic acids is 1. The Kier molecular flexibility index (Phi) is 5.54. The minimum absolute atomic E-state index is 0.00632. The molecule has 0 aliphatic heterocycles. The van der Waals surface area contributed by atoms with Crippen molar-refractivity contribution in [3.63, 3.8) is 0 Å². The summed E-state index contributed by atoms with van der Waals surface area (Å²) in [6, 6.07) is 24.7. The second kappa shape index (κ2) is 8.29. The lowest BCUT2D eigenvalue weighted by Crippen LogP contribution is -2.27. The molecule has 1 atom stereocenters. The first kappa shape index (κ1) is 20.7. The van der Waals surface area contributed by atoms with Crippen LogP contribution in [0.3, 0.4) is 0 Å². The summed E-state index contributed by atoms with van der Waals surface area (Å²) in [7, 11) is -3.83. The van der Waals surface area contributed by atoms with Crippen molar-refractivity contribution in [2.24, 2.45) is 5.14 Å². The van der Waals surface area contributed by atoms with Crippen LogP contribution >= 0.6 is 0 Å². The first-order valence-electron chi connectivity index (χ1n) is 9.72. The highest BCUT2D eigenvalue weighted by Crippen LogP contribution is 2.25. The van der Waals surface area contributed by atoms with Crippen LogP contribution < -0.4 is 10.5 Å². The van der Waals surface area contributed by atoms with E-state index in [2.05, 4.69) is 5.32 Å². The number of amides is 1. The molecule has 1 heterocycles. The van der Waals surface area contributed by atoms with E-state index in [-0.39, 0.29) is 10.8 Å². The molecule has 6 nitrogen and oxygen atoms in total. The molecular formula is C24H21N3O3S. The zero-order valence-corrected chi connectivity index (χ0v) is 17.6. The van der Waals surface area contributed by atoms with Gasteiger partial charge in [-0.25, -0.2) is 18.5 Å². The van der Waals surface area contributed by atoms with Crippen LogP contribution in [0.25, 0.3) is 22.2 Å². The highest BCUT2D eigenvalue weighted by atomic mass is 32.2. The summed E-state index contributed by atoms with van der Waals surface area (Å²) in [4.78, 5) is 17.9. The molecule has 7 heteroatoms. The molecule has 4 aromatic rings. The molecule has 156 valence electrons. The van der Waals surface area contributed by atoms with Gasteiger partial charge in [0.15, 0.2) is 0 Å². The summed E-state index contributed by atoms with van der Waals surface area (Å²) in [5, 5.41) is 8.93. The molecule has 0 unspecified atom stereocenters. The molecule has 0 saturated heterocycles. The van der Waals surface area contributed by atoms with Crippen LogP contribution in [-0.2, 0) is 10.0 Å². The number of fused-ring (bicyclic) bond motifs is 1. The monoisotopic (exact) mass is 431 g/mol. The Morgan fingerprint density at radius 3 is 2.39 bits per heavy atom. The number of hydrogen-bond donors (Lipinski definition) is 2. The number of pyridine rings is 1. The molecule has 3 aromatic carbocycles. The normalized spacial score (nSPS) is 12.5. The lowest BCUT2D eigenvalue weighted by Gasteiger charge is -2.16. The first-order valence-corrected chi connectivity index (χ1v) is 11.3. The molecule has 0 bridgehead atoms. The molecular weight excluding hydrogens is 410 g/mol. The average Bonchev–Trinajstić information content (AvgIpc) is 2.78. The minimum atomic E-state index is -3.83. The van der Waals surface area contributed by atoms with E-state index in [1.165, 1.54) is 12.1 Å². The number of hydrogen-bond acceptors (Lipinski definition) is 4. The van der Waals surface area contributed by atoms with E-state index in [4.69, 9.17) is 10.1 Å². The molecule has 3 N–H and O–H groups in total. The van der Waals surface area contributed by atoms with Crippen molar-refractivity contribution in [1.82, 2.24) is 10.3 Å². The molecule has 1 aromatic heterocycles. The van der Waals surface area contributed by atoms with Crippen LogP contribution in [0.5, 0.6) is 0 Å². The SMILES string of the molecule is C[C@H](NC(=O)c1cc(-c2ccccc2)nc2ccccc12)c1cccc(S(N)(=O)=O)c1. The Balaban J connectivity index is 1.71. The second-order valence-corrected chi connectivity index (χ2v) is 8.81. The number of para-hydroxylation sites is 1. The van der Waals surface area contributed by atoms with Crippen LogP contribution in [0, 0.1) is 0 Å². The number of primary sulfonamides is 1. The third kappa shape index (κ3) is 4.47. The average molecular weight is 432 g/mol. The van der Waals surface area contributed by atoms with Crippen LogP contribution in [-0.4, -0.2) is 19.3 Å². The molecule has 0 saturated carbocycles. The van der Waals surface area contributed by atoms with Crippen molar-refractivity contribution in [3.05, 3.63) is 96.1 Å². The van der Waals surface area contributed by atoms with Crippen molar-refractivity contribution in [2.45, 2.75) is 17.9 Å². The van der Waals surface area contributed by atoms with E-state index in [1.807, 2.05) is 54.6 Å². The summed E-state index contributed by atoms with van der Waals surface area (Å²) < 4.78 is 23.3. The van der Waals surface area contributed by atoms with Gasteiger partial charge in [-0.2, -0.15) is 0 Å². The number of nitrogens with zero attached hydrogens (tertiary/aromatic N) is 1. The zero-order chi connectivity index (χ0) is 22.0. The predicted octanol–water partition coefficient (Wildman–Crippen LogP) is 4.04. The number of sulfonamides is 1. The molecule has 31 heavy (non-hydrogen) atoms. The lowest BCUT2D eigenvalue weighted by atomic mass is 10.0. The van der Waals surface area contributed by atoms with Gasteiger partial charge in [0.05, 0.1) is 27.7 Å². The van der Waals surface area contributed by atoms with E-state index in [1.54, 1.807) is 25.1 Å². The number of aromatic nitrogens is 1. The van der Waals surface area contributed by atoms with Gasteiger partial charge >= 0.3 is 0 Å². The highest BCUT2D eigenvalue weighted by Gasteiger charge is 2.18. The minimum Gasteiger partial charge on any atom is -0.345 e. The van der Waals surface area contributed by atoms with Gasteiger partial charge in [0.25, 0.3) is 5.91 Å². The number of nitrogens with two attached hydrogens (primary N) is 1. The first-order chi connectivity index (χ1) is 14.8. The smallest absolute Gasteiger partial charge is 0.252 e. The Morgan fingerprint density at radius 1 is 0.935 bits per heavy atom. The van der Waals surface area contributed by atoms with Gasteiger partial charge in [-0.05, 0) is 36.8 Å². The number of benzene rings is 3. The van der Waals surface area contributed by atoms with Gasteiger partial charge in [-0.1, -0.05) is 60.7 Å². The fourth-order valence-corrected chi connectivity index (χ4v) is 4.01. The van der Waals surface area contributed by atoms with Crippen LogP contribution in [0.1, 0.15) is 28.9 Å². The third-order valence-corrected chi connectivity index (χ3v) is 5.98. The summed E-state index contributed by atoms with van der Waals surface area (Å²) in [5.74, 6) is -0.274. The fourth-order valence-electron chi connectivity index (χ4n) is 3.44. The maximum absolute atomic E-state index is 13.2. The van der Waals surface area contributed by atoms with Gasteiger partial charge in [-0.15, -0.1) is 0 Å². The quantitative estimate of drug-likeness (QED) is 0.498. The van der Waals surface area contributed by atoms with Gasteiger partial charge < -0.3 is 5.32 Å².